The fraction of sp³-hybridized carbons (Fsp3) is 0.350. The maximum atomic E-state index is 14.2. The van der Waals surface area contributed by atoms with E-state index < -0.39 is 22.2 Å². The molecule has 0 spiro atoms. The first-order valence-corrected chi connectivity index (χ1v) is 10.6. The molecule has 1 fully saturated rings. The first kappa shape index (κ1) is 18.1. The summed E-state index contributed by atoms with van der Waals surface area (Å²) in [7, 11) is -3.80. The Kier molecular flexibility index (Phi) is 4.74. The van der Waals surface area contributed by atoms with E-state index in [0.29, 0.717) is 12.1 Å². The third-order valence-corrected chi connectivity index (χ3v) is 7.01. The monoisotopic (exact) mass is 388 g/mol. The van der Waals surface area contributed by atoms with Gasteiger partial charge in [0.1, 0.15) is 12.2 Å². The number of fused-ring (bicyclic) bond motifs is 1. The SMILES string of the molecule is O=C([C@@H]1C[C@H](F)CN1S(=O)(=O)Cc1ccccc1)N1CCc2ccccc21. The Balaban J connectivity index is 1.59. The Hall–Kier alpha value is -2.25. The van der Waals surface area contributed by atoms with Gasteiger partial charge in [0.15, 0.2) is 0 Å². The summed E-state index contributed by atoms with van der Waals surface area (Å²) in [6.45, 7) is 0.235. The molecule has 5 nitrogen and oxygen atoms in total. The number of hydrogen-bond donors (Lipinski definition) is 0. The van der Waals surface area contributed by atoms with Crippen LogP contribution in [0.5, 0.6) is 0 Å². The molecule has 4 rings (SSSR count). The van der Waals surface area contributed by atoms with Crippen LogP contribution < -0.4 is 4.90 Å². The summed E-state index contributed by atoms with van der Waals surface area (Å²) in [5.74, 6) is -0.572. The highest BCUT2D eigenvalue weighted by Gasteiger charge is 2.45. The molecule has 0 radical (unpaired) electrons. The summed E-state index contributed by atoms with van der Waals surface area (Å²) >= 11 is 0. The van der Waals surface area contributed by atoms with E-state index in [0.717, 1.165) is 22.0 Å². The van der Waals surface area contributed by atoms with Crippen molar-refractivity contribution in [2.45, 2.75) is 30.8 Å². The lowest BCUT2D eigenvalue weighted by atomic mass is 10.1. The van der Waals surface area contributed by atoms with Crippen molar-refractivity contribution < 1.29 is 17.6 Å². The molecular weight excluding hydrogens is 367 g/mol. The normalized spacial score (nSPS) is 22.8. The summed E-state index contributed by atoms with van der Waals surface area (Å²) in [6.07, 6.45) is -0.696. The van der Waals surface area contributed by atoms with Crippen molar-refractivity contribution >= 4 is 21.6 Å². The fourth-order valence-electron chi connectivity index (χ4n) is 3.90. The molecule has 0 aliphatic carbocycles. The van der Waals surface area contributed by atoms with Crippen molar-refractivity contribution in [1.82, 2.24) is 4.31 Å². The minimum Gasteiger partial charge on any atom is -0.310 e. The van der Waals surface area contributed by atoms with Crippen LogP contribution in [0.1, 0.15) is 17.5 Å². The largest absolute Gasteiger partial charge is 0.310 e. The second-order valence-electron chi connectivity index (χ2n) is 7.03. The topological polar surface area (TPSA) is 57.7 Å². The van der Waals surface area contributed by atoms with Gasteiger partial charge < -0.3 is 4.90 Å². The van der Waals surface area contributed by atoms with E-state index in [4.69, 9.17) is 0 Å². The molecule has 0 bridgehead atoms. The molecule has 1 saturated heterocycles. The second kappa shape index (κ2) is 7.05. The average molecular weight is 388 g/mol. The number of amides is 1. The van der Waals surface area contributed by atoms with Crippen LogP contribution in [-0.2, 0) is 27.0 Å². The third kappa shape index (κ3) is 3.49. The zero-order valence-electron chi connectivity index (χ0n) is 14.8. The molecule has 0 N–H and O–H groups in total. The molecule has 2 heterocycles. The van der Waals surface area contributed by atoms with Gasteiger partial charge in [-0.25, -0.2) is 12.8 Å². The highest BCUT2D eigenvalue weighted by atomic mass is 32.2. The molecule has 2 aliphatic heterocycles. The molecular formula is C20H21FN2O3S. The standard InChI is InChI=1S/C20H21FN2O3S/c21-17-12-19(20(24)22-11-10-16-8-4-5-9-18(16)22)23(13-17)27(25,26)14-15-6-2-1-3-7-15/h1-9,17,19H,10-14H2/t17-,19-/m0/s1. The molecule has 0 aromatic heterocycles. The molecule has 27 heavy (non-hydrogen) atoms. The first-order chi connectivity index (χ1) is 13.0. The Bertz CT molecular complexity index is 949. The second-order valence-corrected chi connectivity index (χ2v) is 8.95. The van der Waals surface area contributed by atoms with Gasteiger partial charge in [-0.1, -0.05) is 48.5 Å². The Morgan fingerprint density at radius 3 is 2.56 bits per heavy atom. The fourth-order valence-corrected chi connectivity index (χ4v) is 5.64. The van der Waals surface area contributed by atoms with Crippen LogP contribution in [0, 0.1) is 0 Å². The maximum Gasteiger partial charge on any atom is 0.245 e. The molecule has 2 aromatic rings. The number of carbonyl (C=O) groups excluding carboxylic acids is 1. The quantitative estimate of drug-likeness (QED) is 0.809. The van der Waals surface area contributed by atoms with Crippen LogP contribution in [0.15, 0.2) is 54.6 Å². The zero-order valence-corrected chi connectivity index (χ0v) is 15.6. The average Bonchev–Trinajstić information content (AvgIpc) is 3.26. The summed E-state index contributed by atoms with van der Waals surface area (Å²) < 4.78 is 41.0. The highest BCUT2D eigenvalue weighted by Crippen LogP contribution is 2.32. The van der Waals surface area contributed by atoms with Gasteiger partial charge in [-0.2, -0.15) is 4.31 Å². The first-order valence-electron chi connectivity index (χ1n) is 9.02. The zero-order chi connectivity index (χ0) is 19.0. The summed E-state index contributed by atoms with van der Waals surface area (Å²) in [6, 6.07) is 15.3. The molecule has 142 valence electrons. The van der Waals surface area contributed by atoms with Gasteiger partial charge in [0, 0.05) is 25.2 Å². The molecule has 1 amide bonds. The smallest absolute Gasteiger partial charge is 0.245 e. The number of hydrogen-bond acceptors (Lipinski definition) is 3. The predicted molar refractivity (Wildman–Crippen MR) is 102 cm³/mol. The van der Waals surface area contributed by atoms with Crippen LogP contribution in [0.4, 0.5) is 10.1 Å². The maximum absolute atomic E-state index is 14.2. The number of halogens is 1. The van der Waals surface area contributed by atoms with Crippen molar-refractivity contribution in [3.05, 3.63) is 65.7 Å². The lowest BCUT2D eigenvalue weighted by Gasteiger charge is -2.27. The van der Waals surface area contributed by atoms with E-state index in [2.05, 4.69) is 0 Å². The van der Waals surface area contributed by atoms with Crippen LogP contribution in [0.25, 0.3) is 0 Å². The van der Waals surface area contributed by atoms with E-state index in [1.54, 1.807) is 35.2 Å². The summed E-state index contributed by atoms with van der Waals surface area (Å²) in [5.41, 5.74) is 2.47. The summed E-state index contributed by atoms with van der Waals surface area (Å²) in [5, 5.41) is 0. The van der Waals surface area contributed by atoms with E-state index in [1.807, 2.05) is 24.3 Å². The molecule has 2 atom stereocenters. The number of sulfonamides is 1. The van der Waals surface area contributed by atoms with Gasteiger partial charge in [0.05, 0.1) is 5.75 Å². The number of rotatable bonds is 4. The molecule has 0 saturated carbocycles. The lowest BCUT2D eigenvalue weighted by Crippen LogP contribution is -2.47. The Morgan fingerprint density at radius 1 is 1.07 bits per heavy atom. The van der Waals surface area contributed by atoms with Gasteiger partial charge in [0.25, 0.3) is 0 Å². The van der Waals surface area contributed by atoms with Crippen LogP contribution in [-0.4, -0.2) is 43.9 Å². The Morgan fingerprint density at radius 2 is 1.78 bits per heavy atom. The van der Waals surface area contributed by atoms with Gasteiger partial charge in [-0.05, 0) is 23.6 Å². The van der Waals surface area contributed by atoms with Gasteiger partial charge >= 0.3 is 0 Å². The number of alkyl halides is 1. The number of benzene rings is 2. The van der Waals surface area contributed by atoms with Crippen molar-refractivity contribution in [2.75, 3.05) is 18.0 Å². The third-order valence-electron chi connectivity index (χ3n) is 5.19. The number of para-hydroxylation sites is 1. The predicted octanol–water partition coefficient (Wildman–Crippen LogP) is 2.52. The van der Waals surface area contributed by atoms with E-state index in [9.17, 15) is 17.6 Å². The van der Waals surface area contributed by atoms with Gasteiger partial charge in [0.2, 0.25) is 15.9 Å². The number of nitrogens with zero attached hydrogens (tertiary/aromatic N) is 2. The van der Waals surface area contributed by atoms with E-state index in [1.165, 1.54) is 0 Å². The van der Waals surface area contributed by atoms with Crippen molar-refractivity contribution in [2.24, 2.45) is 0 Å². The van der Waals surface area contributed by atoms with Gasteiger partial charge in [-0.3, -0.25) is 4.79 Å². The van der Waals surface area contributed by atoms with Crippen molar-refractivity contribution in [1.29, 1.82) is 0 Å². The molecule has 0 unspecified atom stereocenters. The minimum absolute atomic E-state index is 0.0917. The highest BCUT2D eigenvalue weighted by molar-refractivity contribution is 7.88. The number of carbonyl (C=O) groups is 1. The molecule has 2 aromatic carbocycles. The van der Waals surface area contributed by atoms with Crippen molar-refractivity contribution in [3.63, 3.8) is 0 Å². The minimum atomic E-state index is -3.80. The Labute approximate surface area is 158 Å². The summed E-state index contributed by atoms with van der Waals surface area (Å²) in [4.78, 5) is 14.7. The van der Waals surface area contributed by atoms with Gasteiger partial charge in [-0.15, -0.1) is 0 Å². The van der Waals surface area contributed by atoms with Crippen LogP contribution in [0.3, 0.4) is 0 Å². The lowest BCUT2D eigenvalue weighted by molar-refractivity contribution is -0.121. The van der Waals surface area contributed by atoms with Crippen LogP contribution in [0.2, 0.25) is 0 Å². The molecule has 7 heteroatoms. The van der Waals surface area contributed by atoms with Crippen LogP contribution >= 0.6 is 0 Å². The van der Waals surface area contributed by atoms with E-state index in [-0.39, 0.29) is 24.6 Å². The van der Waals surface area contributed by atoms with Crippen molar-refractivity contribution in [3.8, 4) is 0 Å². The van der Waals surface area contributed by atoms with E-state index >= 15 is 0 Å². The number of anilines is 1. The molecule has 2 aliphatic rings.